The van der Waals surface area contributed by atoms with Gasteiger partial charge in [0.05, 0.1) is 24.8 Å². The van der Waals surface area contributed by atoms with Gasteiger partial charge in [0.2, 0.25) is 5.91 Å². The lowest BCUT2D eigenvalue weighted by Crippen LogP contribution is -2.40. The van der Waals surface area contributed by atoms with Crippen molar-refractivity contribution in [2.75, 3.05) is 26.3 Å². The Kier molecular flexibility index (Phi) is 4.00. The highest BCUT2D eigenvalue weighted by molar-refractivity contribution is 5.80. The zero-order valence-electron chi connectivity index (χ0n) is 12.3. The van der Waals surface area contributed by atoms with Gasteiger partial charge in [0.15, 0.2) is 5.58 Å². The molecule has 118 valence electrons. The number of fused-ring (bicyclic) bond motifs is 1. The Hall–Kier alpha value is -2.12. The average molecular weight is 306 g/mol. The molecule has 0 bridgehead atoms. The maximum atomic E-state index is 12.4. The van der Waals surface area contributed by atoms with E-state index in [4.69, 9.17) is 9.15 Å². The number of aryl methyl sites for hydroxylation is 1. The normalized spacial score (nSPS) is 19.4. The summed E-state index contributed by atoms with van der Waals surface area (Å²) in [5.41, 5.74) is 2.04. The molecular weight excluding hydrogens is 288 g/mol. The number of β-amino-alcohol motifs (C(OH)–C–C–N with tert-alkyl or cyclic N) is 1. The molecule has 7 heteroatoms. The Morgan fingerprint density at radius 3 is 3.09 bits per heavy atom. The molecule has 7 nitrogen and oxygen atoms in total. The number of rotatable bonds is 2. The molecule has 22 heavy (non-hydrogen) atoms. The molecule has 1 fully saturated rings. The molecule has 0 spiro atoms. The van der Waals surface area contributed by atoms with E-state index in [9.17, 15) is 14.7 Å². The minimum absolute atomic E-state index is 0.109. The summed E-state index contributed by atoms with van der Waals surface area (Å²) < 4.78 is 11.7. The summed E-state index contributed by atoms with van der Waals surface area (Å²) in [6.07, 6.45) is -0.702. The quantitative estimate of drug-likeness (QED) is 0.852. The van der Waals surface area contributed by atoms with E-state index in [-0.39, 0.29) is 25.6 Å². The van der Waals surface area contributed by atoms with Gasteiger partial charge in [-0.1, -0.05) is 6.07 Å². The van der Waals surface area contributed by atoms with E-state index >= 15 is 0 Å². The van der Waals surface area contributed by atoms with Crippen molar-refractivity contribution in [2.24, 2.45) is 0 Å². The van der Waals surface area contributed by atoms with Crippen molar-refractivity contribution in [3.8, 4) is 0 Å². The maximum absolute atomic E-state index is 12.4. The Morgan fingerprint density at radius 1 is 1.45 bits per heavy atom. The molecule has 0 saturated carbocycles. The molecule has 1 aromatic carbocycles. The zero-order chi connectivity index (χ0) is 15.7. The summed E-state index contributed by atoms with van der Waals surface area (Å²) in [5, 5.41) is 9.69. The second-order valence-electron chi connectivity index (χ2n) is 5.49. The number of hydrogen-bond acceptors (Lipinski definition) is 5. The summed E-state index contributed by atoms with van der Waals surface area (Å²) in [7, 11) is 0. The van der Waals surface area contributed by atoms with E-state index in [0.29, 0.717) is 24.3 Å². The highest BCUT2D eigenvalue weighted by Gasteiger charge is 2.22. The van der Waals surface area contributed by atoms with Crippen LogP contribution in [0.3, 0.4) is 0 Å². The lowest BCUT2D eigenvalue weighted by molar-refractivity contribution is -0.132. The number of ether oxygens (including phenoxy) is 1. The van der Waals surface area contributed by atoms with E-state index in [1.54, 1.807) is 6.07 Å². The van der Waals surface area contributed by atoms with Crippen molar-refractivity contribution < 1.29 is 19.1 Å². The predicted octanol–water partition coefficient (Wildman–Crippen LogP) is 0.123. The topological polar surface area (TPSA) is 84.9 Å². The lowest BCUT2D eigenvalue weighted by Gasteiger charge is -2.21. The maximum Gasteiger partial charge on any atom is 0.420 e. The van der Waals surface area contributed by atoms with Crippen molar-refractivity contribution >= 4 is 17.0 Å². The van der Waals surface area contributed by atoms with Crippen molar-refractivity contribution in [1.29, 1.82) is 0 Å². The number of amides is 1. The third-order valence-corrected chi connectivity index (χ3v) is 3.72. The van der Waals surface area contributed by atoms with Crippen LogP contribution in [0.15, 0.2) is 27.4 Å². The largest absolute Gasteiger partial charge is 0.420 e. The molecule has 1 aliphatic heterocycles. The highest BCUT2D eigenvalue weighted by atomic mass is 16.5. The van der Waals surface area contributed by atoms with Crippen LogP contribution in [-0.4, -0.2) is 52.9 Å². The van der Waals surface area contributed by atoms with Crippen LogP contribution in [0.5, 0.6) is 0 Å². The number of nitrogens with zero attached hydrogens (tertiary/aromatic N) is 2. The molecule has 2 heterocycles. The number of aliphatic hydroxyl groups is 1. The number of hydrogen-bond donors (Lipinski definition) is 1. The standard InChI is InChI=1S/C15H18N2O5/c1-10-2-3-13-12(6-10)17(15(20)22-13)8-14(19)16-4-5-21-9-11(18)7-16/h2-3,6,11,18H,4-5,7-9H2,1H3/t11-/m0/s1. The van der Waals surface area contributed by atoms with Crippen LogP contribution in [0, 0.1) is 6.92 Å². The summed E-state index contributed by atoms with van der Waals surface area (Å²) in [6, 6.07) is 5.38. The number of aromatic nitrogens is 1. The first kappa shape index (κ1) is 14.8. The van der Waals surface area contributed by atoms with Gasteiger partial charge in [0, 0.05) is 13.1 Å². The number of oxazole rings is 1. The van der Waals surface area contributed by atoms with Gasteiger partial charge in [0.25, 0.3) is 0 Å². The van der Waals surface area contributed by atoms with Crippen LogP contribution in [0.25, 0.3) is 11.1 Å². The first-order chi connectivity index (χ1) is 10.5. The van der Waals surface area contributed by atoms with E-state index in [0.717, 1.165) is 5.56 Å². The minimum atomic E-state index is -0.702. The highest BCUT2D eigenvalue weighted by Crippen LogP contribution is 2.15. The molecule has 0 unspecified atom stereocenters. The van der Waals surface area contributed by atoms with Crippen LogP contribution in [0.2, 0.25) is 0 Å². The first-order valence-corrected chi connectivity index (χ1v) is 7.18. The lowest BCUT2D eigenvalue weighted by atomic mass is 10.2. The summed E-state index contributed by atoms with van der Waals surface area (Å²) >= 11 is 0. The molecule has 1 atom stereocenters. The van der Waals surface area contributed by atoms with Crippen LogP contribution >= 0.6 is 0 Å². The Balaban J connectivity index is 1.86. The van der Waals surface area contributed by atoms with Gasteiger partial charge in [-0.3, -0.25) is 9.36 Å². The third-order valence-electron chi connectivity index (χ3n) is 3.72. The van der Waals surface area contributed by atoms with Crippen LogP contribution in [0.1, 0.15) is 5.56 Å². The summed E-state index contributed by atoms with van der Waals surface area (Å²) in [5.74, 6) is -0.795. The second-order valence-corrected chi connectivity index (χ2v) is 5.49. The summed E-state index contributed by atoms with van der Waals surface area (Å²) in [4.78, 5) is 25.9. The fourth-order valence-corrected chi connectivity index (χ4v) is 2.58. The minimum Gasteiger partial charge on any atom is -0.408 e. The molecule has 1 N–H and O–H groups in total. The monoisotopic (exact) mass is 306 g/mol. The van der Waals surface area contributed by atoms with Gasteiger partial charge in [-0.25, -0.2) is 4.79 Å². The van der Waals surface area contributed by atoms with Crippen LogP contribution in [-0.2, 0) is 16.1 Å². The van der Waals surface area contributed by atoms with Gasteiger partial charge in [-0.05, 0) is 24.6 Å². The van der Waals surface area contributed by atoms with E-state index in [2.05, 4.69) is 0 Å². The van der Waals surface area contributed by atoms with Crippen molar-refractivity contribution in [3.63, 3.8) is 0 Å². The fourth-order valence-electron chi connectivity index (χ4n) is 2.58. The van der Waals surface area contributed by atoms with E-state index in [1.807, 2.05) is 19.1 Å². The molecule has 0 aliphatic carbocycles. The number of aliphatic hydroxyl groups excluding tert-OH is 1. The van der Waals surface area contributed by atoms with Crippen molar-refractivity contribution in [2.45, 2.75) is 19.6 Å². The second kappa shape index (κ2) is 5.94. The SMILES string of the molecule is Cc1ccc2oc(=O)n(CC(=O)N3CCOC[C@@H](O)C3)c2c1. The molecule has 2 aromatic rings. The van der Waals surface area contributed by atoms with Gasteiger partial charge >= 0.3 is 5.76 Å². The molecule has 1 aromatic heterocycles. The predicted molar refractivity (Wildman–Crippen MR) is 78.6 cm³/mol. The van der Waals surface area contributed by atoms with E-state index in [1.165, 1.54) is 9.47 Å². The Labute approximate surface area is 126 Å². The van der Waals surface area contributed by atoms with Gasteiger partial charge in [0.1, 0.15) is 6.54 Å². The van der Waals surface area contributed by atoms with Crippen LogP contribution in [0.4, 0.5) is 0 Å². The third kappa shape index (κ3) is 2.90. The Bertz CT molecular complexity index is 748. The molecule has 1 amide bonds. The Morgan fingerprint density at radius 2 is 2.27 bits per heavy atom. The van der Waals surface area contributed by atoms with E-state index < -0.39 is 11.9 Å². The van der Waals surface area contributed by atoms with Gasteiger partial charge in [-0.15, -0.1) is 0 Å². The molecule has 1 aliphatic rings. The number of benzene rings is 1. The molecule has 3 rings (SSSR count). The van der Waals surface area contributed by atoms with Gasteiger partial charge < -0.3 is 19.2 Å². The smallest absolute Gasteiger partial charge is 0.408 e. The van der Waals surface area contributed by atoms with Gasteiger partial charge in [-0.2, -0.15) is 0 Å². The number of carbonyl (C=O) groups excluding carboxylic acids is 1. The average Bonchev–Trinajstić information content (AvgIpc) is 2.65. The molecular formula is C15H18N2O5. The first-order valence-electron chi connectivity index (χ1n) is 7.18. The molecule has 1 saturated heterocycles. The fraction of sp³-hybridized carbons (Fsp3) is 0.467. The van der Waals surface area contributed by atoms with Crippen molar-refractivity contribution in [3.05, 3.63) is 34.3 Å². The number of carbonyl (C=O) groups is 1. The summed E-state index contributed by atoms with van der Waals surface area (Å²) in [6.45, 7) is 3.01. The molecule has 0 radical (unpaired) electrons. The van der Waals surface area contributed by atoms with Crippen molar-refractivity contribution in [1.82, 2.24) is 9.47 Å². The zero-order valence-corrected chi connectivity index (χ0v) is 12.3. The van der Waals surface area contributed by atoms with Crippen LogP contribution < -0.4 is 5.76 Å².